The smallest absolute Gasteiger partial charge is 0.177 e. The highest BCUT2D eigenvalue weighted by Crippen LogP contribution is 2.34. The second kappa shape index (κ2) is 5.80. The van der Waals surface area contributed by atoms with Crippen molar-refractivity contribution in [3.05, 3.63) is 36.0 Å². The summed E-state index contributed by atoms with van der Waals surface area (Å²) in [6, 6.07) is 6.61. The Bertz CT molecular complexity index is 888. The molecule has 2 aliphatic rings. The lowest BCUT2D eigenvalue weighted by atomic mass is 9.92. The van der Waals surface area contributed by atoms with E-state index in [1.54, 1.807) is 10.8 Å². The maximum absolute atomic E-state index is 5.22. The molecule has 0 aromatic carbocycles. The molecule has 130 valence electrons. The molecule has 25 heavy (non-hydrogen) atoms. The Hall–Kier alpha value is -2.48. The van der Waals surface area contributed by atoms with Gasteiger partial charge in [0.1, 0.15) is 17.9 Å². The Morgan fingerprint density at radius 1 is 1.24 bits per heavy atom. The number of hydrogen-bond acceptors (Lipinski definition) is 7. The maximum Gasteiger partial charge on any atom is 0.177 e. The van der Waals surface area contributed by atoms with E-state index < -0.39 is 0 Å². The molecule has 0 radical (unpaired) electrons. The van der Waals surface area contributed by atoms with E-state index in [0.29, 0.717) is 6.04 Å². The fourth-order valence-corrected chi connectivity index (χ4v) is 4.22. The topological polar surface area (TPSA) is 75.6 Å². The zero-order chi connectivity index (χ0) is 16.8. The number of hydrogen-bond donors (Lipinski definition) is 0. The van der Waals surface area contributed by atoms with Gasteiger partial charge in [-0.3, -0.25) is 4.90 Å². The number of rotatable bonds is 3. The third-order valence-corrected chi connectivity index (χ3v) is 5.49. The summed E-state index contributed by atoms with van der Waals surface area (Å²) < 4.78 is 6.96. The van der Waals surface area contributed by atoms with E-state index in [-0.39, 0.29) is 0 Å². The molecule has 3 aromatic rings. The SMILES string of the molecule is Cc1cc(CN2CCC3CCN(c4ccc5nncn5n4)CC32)no1. The second-order valence-corrected chi connectivity index (χ2v) is 7.08. The third-order valence-electron chi connectivity index (χ3n) is 5.49. The monoisotopic (exact) mass is 339 g/mol. The van der Waals surface area contributed by atoms with Crippen molar-refractivity contribution in [1.82, 2.24) is 29.9 Å². The minimum Gasteiger partial charge on any atom is -0.361 e. The highest BCUT2D eigenvalue weighted by molar-refractivity contribution is 5.45. The van der Waals surface area contributed by atoms with Crippen molar-refractivity contribution in [3.63, 3.8) is 0 Å². The minimum absolute atomic E-state index is 0.546. The van der Waals surface area contributed by atoms with Crippen LogP contribution in [-0.2, 0) is 6.54 Å². The van der Waals surface area contributed by atoms with Gasteiger partial charge in [-0.05, 0) is 44.4 Å². The van der Waals surface area contributed by atoms with Crippen molar-refractivity contribution < 1.29 is 4.52 Å². The van der Waals surface area contributed by atoms with Gasteiger partial charge in [0.25, 0.3) is 0 Å². The quantitative estimate of drug-likeness (QED) is 0.716. The van der Waals surface area contributed by atoms with Crippen LogP contribution in [-0.4, -0.2) is 55.5 Å². The van der Waals surface area contributed by atoms with Crippen LogP contribution in [0.15, 0.2) is 29.0 Å². The van der Waals surface area contributed by atoms with Crippen LogP contribution in [0.25, 0.3) is 5.65 Å². The number of nitrogens with zero attached hydrogens (tertiary/aromatic N) is 7. The van der Waals surface area contributed by atoms with E-state index in [0.717, 1.165) is 55.0 Å². The molecule has 5 heterocycles. The van der Waals surface area contributed by atoms with Crippen molar-refractivity contribution in [1.29, 1.82) is 0 Å². The van der Waals surface area contributed by atoms with Gasteiger partial charge in [-0.25, -0.2) is 0 Å². The molecule has 8 heteroatoms. The summed E-state index contributed by atoms with van der Waals surface area (Å²) in [4.78, 5) is 4.93. The van der Waals surface area contributed by atoms with Gasteiger partial charge in [0.05, 0.1) is 5.69 Å². The summed E-state index contributed by atoms with van der Waals surface area (Å²) in [5.74, 6) is 2.64. The van der Waals surface area contributed by atoms with Crippen LogP contribution in [0.1, 0.15) is 24.3 Å². The molecule has 0 saturated carbocycles. The van der Waals surface area contributed by atoms with Crippen molar-refractivity contribution in [2.24, 2.45) is 5.92 Å². The fraction of sp³-hybridized carbons (Fsp3) is 0.529. The van der Waals surface area contributed by atoms with Crippen molar-refractivity contribution in [2.45, 2.75) is 32.4 Å². The lowest BCUT2D eigenvalue weighted by Gasteiger charge is -2.38. The van der Waals surface area contributed by atoms with Crippen LogP contribution in [0.2, 0.25) is 0 Å². The standard InChI is InChI=1S/C17H21N7O/c1-12-8-14(21-25-12)9-22-6-4-13-5-7-23(10-15(13)22)17-3-2-16-19-18-11-24(16)20-17/h2-3,8,11,13,15H,4-7,9-10H2,1H3. The summed E-state index contributed by atoms with van der Waals surface area (Å²) >= 11 is 0. The first-order chi connectivity index (χ1) is 12.3. The van der Waals surface area contributed by atoms with Gasteiger partial charge in [0.15, 0.2) is 5.65 Å². The van der Waals surface area contributed by atoms with E-state index in [1.165, 1.54) is 12.8 Å². The van der Waals surface area contributed by atoms with Crippen LogP contribution >= 0.6 is 0 Å². The molecule has 2 unspecified atom stereocenters. The number of aryl methyl sites for hydroxylation is 1. The number of fused-ring (bicyclic) bond motifs is 2. The molecule has 0 aliphatic carbocycles. The van der Waals surface area contributed by atoms with Crippen LogP contribution in [0.3, 0.4) is 0 Å². The summed E-state index contributed by atoms with van der Waals surface area (Å²) in [5.41, 5.74) is 1.81. The van der Waals surface area contributed by atoms with Crippen molar-refractivity contribution in [3.8, 4) is 0 Å². The number of piperidine rings is 1. The predicted molar refractivity (Wildman–Crippen MR) is 91.2 cm³/mol. The van der Waals surface area contributed by atoms with Gasteiger partial charge >= 0.3 is 0 Å². The van der Waals surface area contributed by atoms with Gasteiger partial charge in [-0.2, -0.15) is 4.52 Å². The van der Waals surface area contributed by atoms with E-state index in [1.807, 2.05) is 25.1 Å². The molecule has 0 amide bonds. The molecule has 2 aliphatic heterocycles. The molecule has 0 bridgehead atoms. The van der Waals surface area contributed by atoms with Crippen LogP contribution in [0.5, 0.6) is 0 Å². The van der Waals surface area contributed by atoms with Crippen molar-refractivity contribution in [2.75, 3.05) is 24.5 Å². The molecule has 2 atom stereocenters. The summed E-state index contributed by atoms with van der Waals surface area (Å²) in [6.45, 7) is 6.00. The van der Waals surface area contributed by atoms with E-state index in [4.69, 9.17) is 4.52 Å². The van der Waals surface area contributed by atoms with Gasteiger partial charge in [-0.1, -0.05) is 5.16 Å². The molecule has 3 aromatic heterocycles. The Balaban J connectivity index is 1.35. The number of anilines is 1. The molecule has 0 spiro atoms. The van der Waals surface area contributed by atoms with Crippen LogP contribution in [0.4, 0.5) is 5.82 Å². The summed E-state index contributed by atoms with van der Waals surface area (Å²) in [6.07, 6.45) is 4.13. The first kappa shape index (κ1) is 14.8. The largest absolute Gasteiger partial charge is 0.361 e. The lowest BCUT2D eigenvalue weighted by Crippen LogP contribution is -2.48. The Kier molecular flexibility index (Phi) is 3.44. The highest BCUT2D eigenvalue weighted by Gasteiger charge is 2.38. The Labute approximate surface area is 145 Å². The molecular formula is C17H21N7O. The summed E-state index contributed by atoms with van der Waals surface area (Å²) in [7, 11) is 0. The van der Waals surface area contributed by atoms with E-state index in [2.05, 4.69) is 30.3 Å². The Morgan fingerprint density at radius 2 is 2.16 bits per heavy atom. The highest BCUT2D eigenvalue weighted by atomic mass is 16.5. The van der Waals surface area contributed by atoms with E-state index in [9.17, 15) is 0 Å². The van der Waals surface area contributed by atoms with Gasteiger partial charge < -0.3 is 9.42 Å². The number of likely N-dealkylation sites (tertiary alicyclic amines) is 1. The second-order valence-electron chi connectivity index (χ2n) is 7.08. The normalized spacial score (nSPS) is 24.1. The average molecular weight is 339 g/mol. The van der Waals surface area contributed by atoms with Gasteiger partial charge in [0, 0.05) is 31.7 Å². The molecular weight excluding hydrogens is 318 g/mol. The zero-order valence-corrected chi connectivity index (χ0v) is 14.2. The zero-order valence-electron chi connectivity index (χ0n) is 14.2. The average Bonchev–Trinajstić information content (AvgIpc) is 3.34. The van der Waals surface area contributed by atoms with Crippen LogP contribution < -0.4 is 4.90 Å². The van der Waals surface area contributed by atoms with Gasteiger partial charge in [0.2, 0.25) is 0 Å². The number of aromatic nitrogens is 5. The lowest BCUT2D eigenvalue weighted by molar-refractivity contribution is 0.195. The maximum atomic E-state index is 5.22. The summed E-state index contributed by atoms with van der Waals surface area (Å²) in [5, 5.41) is 16.8. The first-order valence-electron chi connectivity index (χ1n) is 8.84. The predicted octanol–water partition coefficient (Wildman–Crippen LogP) is 1.52. The minimum atomic E-state index is 0.546. The third kappa shape index (κ3) is 2.66. The Morgan fingerprint density at radius 3 is 3.04 bits per heavy atom. The molecule has 0 N–H and O–H groups in total. The molecule has 2 saturated heterocycles. The van der Waals surface area contributed by atoms with E-state index >= 15 is 0 Å². The first-order valence-corrected chi connectivity index (χ1v) is 8.84. The molecule has 5 rings (SSSR count). The fourth-order valence-electron chi connectivity index (χ4n) is 4.22. The van der Waals surface area contributed by atoms with Crippen LogP contribution in [0, 0.1) is 12.8 Å². The van der Waals surface area contributed by atoms with Crippen molar-refractivity contribution >= 4 is 11.5 Å². The van der Waals surface area contributed by atoms with Gasteiger partial charge in [-0.15, -0.1) is 15.3 Å². The molecule has 2 fully saturated rings. The molecule has 8 nitrogen and oxygen atoms in total.